The van der Waals surface area contributed by atoms with Gasteiger partial charge in [-0.15, -0.1) is 0 Å². The molecule has 0 fully saturated rings. The molecule has 4 rings (SSSR count). The highest BCUT2D eigenvalue weighted by Gasteiger charge is 2.35. The maximum atomic E-state index is 13.3. The Morgan fingerprint density at radius 2 is 2.03 bits per heavy atom. The van der Waals surface area contributed by atoms with E-state index in [1.807, 2.05) is 30.5 Å². The van der Waals surface area contributed by atoms with Crippen LogP contribution >= 0.6 is 11.8 Å². The molecule has 8 nitrogen and oxygen atoms in total. The number of carbonyl (C=O) groups excluding carboxylic acids is 2. The number of aromatic amines is 1. The molecule has 0 bridgehead atoms. The molecule has 3 aromatic rings. The van der Waals surface area contributed by atoms with E-state index in [-0.39, 0.29) is 18.2 Å². The van der Waals surface area contributed by atoms with Crippen molar-refractivity contribution >= 4 is 46.0 Å². The van der Waals surface area contributed by atoms with E-state index in [0.717, 1.165) is 16.8 Å². The molecule has 166 valence electrons. The number of benzene rings is 2. The minimum absolute atomic E-state index is 0.0634. The first kappa shape index (κ1) is 21.8. The third-order valence-corrected chi connectivity index (χ3v) is 5.89. The molecule has 1 aliphatic heterocycles. The van der Waals surface area contributed by atoms with Crippen molar-refractivity contribution in [3.05, 3.63) is 60.2 Å². The van der Waals surface area contributed by atoms with Crippen LogP contribution in [0.2, 0.25) is 0 Å². The lowest BCUT2D eigenvalue weighted by Crippen LogP contribution is -2.40. The second-order valence-electron chi connectivity index (χ2n) is 7.44. The average molecular weight is 455 g/mol. The fourth-order valence-corrected chi connectivity index (χ4v) is 4.06. The number of imidazole rings is 1. The number of hydrogen-bond acceptors (Lipinski definition) is 6. The number of hydrogen-bond donors (Lipinski definition) is 3. The zero-order valence-corrected chi connectivity index (χ0v) is 18.2. The molecule has 2 amide bonds. The molecule has 1 aromatic heterocycles. The molecule has 32 heavy (non-hydrogen) atoms. The summed E-state index contributed by atoms with van der Waals surface area (Å²) in [5.74, 6) is 0.0617. The number of nitrogens with one attached hydrogen (secondary N) is 2. The van der Waals surface area contributed by atoms with Gasteiger partial charge >= 0.3 is 0 Å². The zero-order chi connectivity index (χ0) is 22.7. The van der Waals surface area contributed by atoms with Crippen LogP contribution in [0.25, 0.3) is 11.0 Å². The Labute approximate surface area is 188 Å². The molecule has 0 saturated heterocycles. The predicted molar refractivity (Wildman–Crippen MR) is 124 cm³/mol. The minimum Gasteiger partial charge on any atom is -0.368 e. The van der Waals surface area contributed by atoms with Gasteiger partial charge in [0, 0.05) is 6.42 Å². The molecule has 2 atom stereocenters. The largest absolute Gasteiger partial charge is 0.368 e. The second-order valence-corrected chi connectivity index (χ2v) is 8.42. The van der Waals surface area contributed by atoms with Gasteiger partial charge in [0.25, 0.3) is 5.91 Å². The Hall–Kier alpha value is -3.40. The highest BCUT2D eigenvalue weighted by atomic mass is 32.2. The lowest BCUT2D eigenvalue weighted by atomic mass is 10.1. The molecule has 0 radical (unpaired) electrons. The van der Waals surface area contributed by atoms with E-state index in [1.54, 1.807) is 11.8 Å². The van der Waals surface area contributed by atoms with Crippen LogP contribution < -0.4 is 16.1 Å². The van der Waals surface area contributed by atoms with Crippen LogP contribution in [0.3, 0.4) is 0 Å². The number of H-pyrrole nitrogens is 1. The van der Waals surface area contributed by atoms with Gasteiger partial charge in [-0.25, -0.2) is 9.37 Å². The summed E-state index contributed by atoms with van der Waals surface area (Å²) >= 11 is 1.67. The van der Waals surface area contributed by atoms with E-state index in [0.29, 0.717) is 17.9 Å². The quantitative estimate of drug-likeness (QED) is 0.484. The molecule has 2 heterocycles. The molecule has 0 spiro atoms. The number of primary amides is 1. The number of hydrazone groups is 1. The maximum absolute atomic E-state index is 13.3. The van der Waals surface area contributed by atoms with E-state index in [9.17, 15) is 14.0 Å². The van der Waals surface area contributed by atoms with Crippen molar-refractivity contribution in [1.82, 2.24) is 15.3 Å². The summed E-state index contributed by atoms with van der Waals surface area (Å²) in [5, 5.41) is 8.71. The van der Waals surface area contributed by atoms with Crippen molar-refractivity contribution in [2.45, 2.75) is 24.9 Å². The van der Waals surface area contributed by atoms with Gasteiger partial charge in [0.05, 0.1) is 22.8 Å². The summed E-state index contributed by atoms with van der Waals surface area (Å²) < 4.78 is 13.3. The average Bonchev–Trinajstić information content (AvgIpc) is 3.42. The number of thioether (sulfide) groups is 1. The maximum Gasteiger partial charge on any atom is 0.268 e. The topological polar surface area (TPSA) is 116 Å². The standard InChI is InChI=1S/C22H23FN6O2S/c1-32-11-10-17(21-25-15-4-2-3-5-16(15)26-21)27-22(31)18-12-19(20(24)30)29(28-18)14-8-6-13(23)7-9-14/h2-9,17,19H,10-12H2,1H3,(H2,24,30)(H,25,26)(H,27,31)/t17-,19+/m1/s1. The summed E-state index contributed by atoms with van der Waals surface area (Å²) in [6, 6.07) is 12.0. The van der Waals surface area contributed by atoms with E-state index in [1.165, 1.54) is 29.3 Å². The number of fused-ring (bicyclic) bond motifs is 1. The Kier molecular flexibility index (Phi) is 6.40. The smallest absolute Gasteiger partial charge is 0.268 e. The third-order valence-electron chi connectivity index (χ3n) is 5.25. The molecule has 1 aliphatic rings. The number of anilines is 1. The van der Waals surface area contributed by atoms with Gasteiger partial charge in [-0.2, -0.15) is 16.9 Å². The SMILES string of the molecule is CSCC[C@@H](NC(=O)C1=NN(c2ccc(F)cc2)[C@H](C(N)=O)C1)c1nc2ccccc2[nH]1. The second kappa shape index (κ2) is 9.39. The van der Waals surface area contributed by atoms with Crippen molar-refractivity contribution in [3.63, 3.8) is 0 Å². The van der Waals surface area contributed by atoms with Gasteiger partial charge in [-0.1, -0.05) is 12.1 Å². The normalized spacial score (nSPS) is 16.8. The Balaban J connectivity index is 1.57. The first-order chi connectivity index (χ1) is 15.5. The zero-order valence-electron chi connectivity index (χ0n) is 17.4. The third kappa shape index (κ3) is 4.59. The van der Waals surface area contributed by atoms with Crippen LogP contribution in [-0.4, -0.2) is 45.5 Å². The van der Waals surface area contributed by atoms with Gasteiger partial charge in [0.2, 0.25) is 5.91 Å². The van der Waals surface area contributed by atoms with Crippen molar-refractivity contribution < 1.29 is 14.0 Å². The van der Waals surface area contributed by atoms with Crippen molar-refractivity contribution in [1.29, 1.82) is 0 Å². The molecule has 4 N–H and O–H groups in total. The summed E-state index contributed by atoms with van der Waals surface area (Å²) in [6.45, 7) is 0. The molecule has 2 aromatic carbocycles. The molecular formula is C22H23FN6O2S. The van der Waals surface area contributed by atoms with Crippen molar-refractivity contribution in [3.8, 4) is 0 Å². The fraction of sp³-hybridized carbons (Fsp3) is 0.273. The van der Waals surface area contributed by atoms with Crippen molar-refractivity contribution in [2.24, 2.45) is 10.8 Å². The van der Waals surface area contributed by atoms with E-state index in [4.69, 9.17) is 5.73 Å². The monoisotopic (exact) mass is 454 g/mol. The lowest BCUT2D eigenvalue weighted by molar-refractivity contribution is -0.119. The number of aromatic nitrogens is 2. The number of amides is 2. The first-order valence-corrected chi connectivity index (χ1v) is 11.5. The number of nitrogens with zero attached hydrogens (tertiary/aromatic N) is 3. The first-order valence-electron chi connectivity index (χ1n) is 10.1. The Bertz CT molecular complexity index is 1130. The summed E-state index contributed by atoms with van der Waals surface area (Å²) in [5.41, 5.74) is 7.91. The van der Waals surface area contributed by atoms with Crippen LogP contribution in [0.15, 0.2) is 53.6 Å². The summed E-state index contributed by atoms with van der Waals surface area (Å²) in [6.07, 6.45) is 2.73. The Morgan fingerprint density at radius 3 is 2.72 bits per heavy atom. The van der Waals surface area contributed by atoms with Crippen LogP contribution in [-0.2, 0) is 9.59 Å². The number of nitrogens with two attached hydrogens (primary N) is 1. The van der Waals surface area contributed by atoms with Gasteiger partial charge < -0.3 is 16.0 Å². The summed E-state index contributed by atoms with van der Waals surface area (Å²) in [4.78, 5) is 33.0. The lowest BCUT2D eigenvalue weighted by Gasteiger charge is -2.20. The number of halogens is 1. The molecule has 0 saturated carbocycles. The number of para-hydroxylation sites is 2. The molecule has 0 unspecified atom stereocenters. The highest BCUT2D eigenvalue weighted by molar-refractivity contribution is 7.98. The van der Waals surface area contributed by atoms with Gasteiger partial charge in [-0.3, -0.25) is 14.6 Å². The Morgan fingerprint density at radius 1 is 1.28 bits per heavy atom. The highest BCUT2D eigenvalue weighted by Crippen LogP contribution is 2.26. The molecule has 10 heteroatoms. The van der Waals surface area contributed by atoms with E-state index >= 15 is 0 Å². The summed E-state index contributed by atoms with van der Waals surface area (Å²) in [7, 11) is 0. The van der Waals surface area contributed by atoms with Crippen LogP contribution in [0, 0.1) is 5.82 Å². The molecule has 0 aliphatic carbocycles. The number of carbonyl (C=O) groups is 2. The van der Waals surface area contributed by atoms with Crippen LogP contribution in [0.5, 0.6) is 0 Å². The van der Waals surface area contributed by atoms with Gasteiger partial charge in [-0.05, 0) is 54.8 Å². The van der Waals surface area contributed by atoms with Crippen LogP contribution in [0.1, 0.15) is 24.7 Å². The van der Waals surface area contributed by atoms with Gasteiger partial charge in [0.1, 0.15) is 23.4 Å². The molecular weight excluding hydrogens is 431 g/mol. The fourth-order valence-electron chi connectivity index (χ4n) is 3.59. The van der Waals surface area contributed by atoms with E-state index < -0.39 is 23.7 Å². The minimum atomic E-state index is -0.822. The van der Waals surface area contributed by atoms with Gasteiger partial charge in [0.15, 0.2) is 0 Å². The van der Waals surface area contributed by atoms with Crippen LogP contribution in [0.4, 0.5) is 10.1 Å². The van der Waals surface area contributed by atoms with E-state index in [2.05, 4.69) is 20.4 Å². The number of rotatable bonds is 8. The predicted octanol–water partition coefficient (Wildman–Crippen LogP) is 2.73. The van der Waals surface area contributed by atoms with Crippen molar-refractivity contribution in [2.75, 3.05) is 17.0 Å².